The molecule has 0 fully saturated rings. The predicted octanol–water partition coefficient (Wildman–Crippen LogP) is 3.40. The summed E-state index contributed by atoms with van der Waals surface area (Å²) in [4.78, 5) is 31.2. The number of rotatable bonds is 9. The number of aromatic nitrogens is 2. The number of amides is 1. The van der Waals surface area contributed by atoms with E-state index >= 15 is 0 Å². The van der Waals surface area contributed by atoms with E-state index in [0.29, 0.717) is 25.7 Å². The lowest BCUT2D eigenvalue weighted by molar-refractivity contribution is -0.137. The number of fused-ring (bicyclic) bond motifs is 1. The van der Waals surface area contributed by atoms with Crippen molar-refractivity contribution in [3.8, 4) is 0 Å². The zero-order chi connectivity index (χ0) is 19.9. The Morgan fingerprint density at radius 3 is 2.61 bits per heavy atom. The SMILES string of the molecule is Cc1cccc2[nH]c(CCC(=O)NC(CCC(=O)O)Cc3ccccc3)nc12. The standard InChI is InChI=1S/C22H25N3O3/c1-15-6-5-9-18-22(15)25-19(24-18)11-12-20(26)23-17(10-13-21(27)28)14-16-7-3-2-4-8-16/h2-9,17H,10-14H2,1H3,(H,23,26)(H,24,25)(H,27,28). The third-order valence-corrected chi connectivity index (χ3v) is 4.75. The van der Waals surface area contributed by atoms with Crippen LogP contribution >= 0.6 is 0 Å². The smallest absolute Gasteiger partial charge is 0.303 e. The fraction of sp³-hybridized carbons (Fsp3) is 0.318. The molecular weight excluding hydrogens is 354 g/mol. The number of nitrogens with one attached hydrogen (secondary N) is 2. The van der Waals surface area contributed by atoms with Crippen LogP contribution in [0.25, 0.3) is 11.0 Å². The summed E-state index contributed by atoms with van der Waals surface area (Å²) in [6.45, 7) is 2.01. The van der Waals surface area contributed by atoms with E-state index in [-0.39, 0.29) is 18.4 Å². The molecule has 3 rings (SSSR count). The Hall–Kier alpha value is -3.15. The van der Waals surface area contributed by atoms with Crippen molar-refractivity contribution in [1.82, 2.24) is 15.3 Å². The third kappa shape index (κ3) is 5.42. The predicted molar refractivity (Wildman–Crippen MR) is 108 cm³/mol. The highest BCUT2D eigenvalue weighted by atomic mass is 16.4. The zero-order valence-electron chi connectivity index (χ0n) is 15.9. The number of H-pyrrole nitrogens is 1. The van der Waals surface area contributed by atoms with Crippen LogP contribution in [0.1, 0.15) is 36.2 Å². The quantitative estimate of drug-likeness (QED) is 0.531. The van der Waals surface area contributed by atoms with E-state index in [4.69, 9.17) is 5.11 Å². The second-order valence-corrected chi connectivity index (χ2v) is 7.04. The Labute approximate surface area is 164 Å². The first kappa shape index (κ1) is 19.6. The molecule has 1 aromatic heterocycles. The van der Waals surface area contributed by atoms with Gasteiger partial charge in [0.2, 0.25) is 5.91 Å². The maximum Gasteiger partial charge on any atom is 0.303 e. The molecule has 0 saturated heterocycles. The average Bonchev–Trinajstić information content (AvgIpc) is 3.10. The minimum absolute atomic E-state index is 0.0284. The van der Waals surface area contributed by atoms with E-state index in [1.807, 2.05) is 55.5 Å². The van der Waals surface area contributed by atoms with Gasteiger partial charge in [-0.2, -0.15) is 0 Å². The number of para-hydroxylation sites is 1. The number of carbonyl (C=O) groups is 2. The first-order valence-electron chi connectivity index (χ1n) is 9.50. The van der Waals surface area contributed by atoms with E-state index in [1.54, 1.807) is 0 Å². The third-order valence-electron chi connectivity index (χ3n) is 4.75. The molecule has 1 amide bonds. The summed E-state index contributed by atoms with van der Waals surface area (Å²) in [6.07, 6.45) is 1.86. The van der Waals surface area contributed by atoms with Crippen LogP contribution in [0, 0.1) is 6.92 Å². The monoisotopic (exact) mass is 379 g/mol. The molecule has 0 spiro atoms. The number of carboxylic acids is 1. The molecular formula is C22H25N3O3. The van der Waals surface area contributed by atoms with E-state index in [1.165, 1.54) is 0 Å². The summed E-state index contributed by atoms with van der Waals surface area (Å²) in [5.74, 6) is -0.168. The molecule has 3 N–H and O–H groups in total. The molecule has 0 aliphatic rings. The molecule has 0 aliphatic heterocycles. The van der Waals surface area contributed by atoms with Gasteiger partial charge < -0.3 is 15.4 Å². The molecule has 1 unspecified atom stereocenters. The lowest BCUT2D eigenvalue weighted by atomic mass is 10.0. The average molecular weight is 379 g/mol. The van der Waals surface area contributed by atoms with Crippen LogP contribution < -0.4 is 5.32 Å². The van der Waals surface area contributed by atoms with Crippen molar-refractivity contribution in [3.63, 3.8) is 0 Å². The fourth-order valence-electron chi connectivity index (χ4n) is 3.30. The maximum absolute atomic E-state index is 12.4. The van der Waals surface area contributed by atoms with Gasteiger partial charge in [-0.3, -0.25) is 9.59 Å². The summed E-state index contributed by atoms with van der Waals surface area (Å²) >= 11 is 0. The van der Waals surface area contributed by atoms with Gasteiger partial charge in [0.15, 0.2) is 0 Å². The van der Waals surface area contributed by atoms with Crippen molar-refractivity contribution in [1.29, 1.82) is 0 Å². The van der Waals surface area contributed by atoms with Crippen LogP contribution in [0.4, 0.5) is 0 Å². The largest absolute Gasteiger partial charge is 0.481 e. The van der Waals surface area contributed by atoms with Crippen LogP contribution in [0.3, 0.4) is 0 Å². The molecule has 0 bridgehead atoms. The number of hydrogen-bond donors (Lipinski definition) is 3. The fourth-order valence-corrected chi connectivity index (χ4v) is 3.30. The van der Waals surface area contributed by atoms with Gasteiger partial charge in [-0.05, 0) is 37.0 Å². The van der Waals surface area contributed by atoms with Crippen molar-refractivity contribution >= 4 is 22.9 Å². The molecule has 1 heterocycles. The van der Waals surface area contributed by atoms with Crippen LogP contribution in [-0.4, -0.2) is 33.0 Å². The number of aliphatic carboxylic acids is 1. The van der Waals surface area contributed by atoms with Crippen molar-refractivity contribution in [3.05, 3.63) is 65.5 Å². The second kappa shape index (κ2) is 9.17. The van der Waals surface area contributed by atoms with Crippen LogP contribution in [0.15, 0.2) is 48.5 Å². The molecule has 0 saturated carbocycles. The van der Waals surface area contributed by atoms with Crippen molar-refractivity contribution in [2.45, 2.75) is 45.1 Å². The van der Waals surface area contributed by atoms with Crippen molar-refractivity contribution in [2.24, 2.45) is 0 Å². The van der Waals surface area contributed by atoms with Crippen LogP contribution in [0.2, 0.25) is 0 Å². The molecule has 6 heteroatoms. The molecule has 0 aliphatic carbocycles. The number of hydrogen-bond acceptors (Lipinski definition) is 3. The molecule has 2 aromatic carbocycles. The summed E-state index contributed by atoms with van der Waals surface area (Å²) in [6, 6.07) is 15.5. The lowest BCUT2D eigenvalue weighted by Gasteiger charge is -2.18. The Bertz CT molecular complexity index is 950. The van der Waals surface area contributed by atoms with Gasteiger partial charge in [0.1, 0.15) is 5.82 Å². The van der Waals surface area contributed by atoms with Gasteiger partial charge in [-0.15, -0.1) is 0 Å². The van der Waals surface area contributed by atoms with Gasteiger partial charge in [0.05, 0.1) is 11.0 Å². The Kier molecular flexibility index (Phi) is 6.42. The summed E-state index contributed by atoms with van der Waals surface area (Å²) in [5, 5.41) is 12.0. The van der Waals surface area contributed by atoms with E-state index in [0.717, 1.165) is 28.0 Å². The van der Waals surface area contributed by atoms with Crippen LogP contribution in [-0.2, 0) is 22.4 Å². The minimum atomic E-state index is -0.857. The summed E-state index contributed by atoms with van der Waals surface area (Å²) in [7, 11) is 0. The molecule has 146 valence electrons. The van der Waals surface area contributed by atoms with Crippen LogP contribution in [0.5, 0.6) is 0 Å². The van der Waals surface area contributed by atoms with E-state index in [2.05, 4.69) is 15.3 Å². The highest BCUT2D eigenvalue weighted by molar-refractivity contribution is 5.79. The minimum Gasteiger partial charge on any atom is -0.481 e. The number of nitrogens with zero attached hydrogens (tertiary/aromatic N) is 1. The molecule has 6 nitrogen and oxygen atoms in total. The molecule has 0 radical (unpaired) electrons. The number of imidazole rings is 1. The van der Waals surface area contributed by atoms with Gasteiger partial charge >= 0.3 is 5.97 Å². The van der Waals surface area contributed by atoms with E-state index < -0.39 is 5.97 Å². The van der Waals surface area contributed by atoms with Gasteiger partial charge in [0.25, 0.3) is 0 Å². The highest BCUT2D eigenvalue weighted by Crippen LogP contribution is 2.16. The number of benzene rings is 2. The lowest BCUT2D eigenvalue weighted by Crippen LogP contribution is -2.37. The first-order chi connectivity index (χ1) is 13.5. The summed E-state index contributed by atoms with van der Waals surface area (Å²) in [5.41, 5.74) is 4.08. The van der Waals surface area contributed by atoms with Gasteiger partial charge in [-0.25, -0.2) is 4.98 Å². The van der Waals surface area contributed by atoms with Gasteiger partial charge in [-0.1, -0.05) is 42.5 Å². The second-order valence-electron chi connectivity index (χ2n) is 7.04. The maximum atomic E-state index is 12.4. The Morgan fingerprint density at radius 2 is 1.89 bits per heavy atom. The highest BCUT2D eigenvalue weighted by Gasteiger charge is 2.15. The number of carbonyl (C=O) groups excluding carboxylic acids is 1. The Balaban J connectivity index is 1.58. The zero-order valence-corrected chi connectivity index (χ0v) is 15.9. The van der Waals surface area contributed by atoms with Gasteiger partial charge in [0, 0.05) is 25.3 Å². The Morgan fingerprint density at radius 1 is 1.11 bits per heavy atom. The molecule has 3 aromatic rings. The number of aryl methyl sites for hydroxylation is 2. The first-order valence-corrected chi connectivity index (χ1v) is 9.50. The normalized spacial score (nSPS) is 12.0. The van der Waals surface area contributed by atoms with Crippen molar-refractivity contribution in [2.75, 3.05) is 0 Å². The topological polar surface area (TPSA) is 95.1 Å². The molecule has 28 heavy (non-hydrogen) atoms. The molecule has 1 atom stereocenters. The van der Waals surface area contributed by atoms with E-state index in [9.17, 15) is 9.59 Å². The number of aromatic amines is 1. The number of carboxylic acid groups (broad SMARTS) is 1. The summed E-state index contributed by atoms with van der Waals surface area (Å²) < 4.78 is 0. The van der Waals surface area contributed by atoms with Crippen molar-refractivity contribution < 1.29 is 14.7 Å².